The lowest BCUT2D eigenvalue weighted by atomic mass is 10.1. The second-order valence-corrected chi connectivity index (χ2v) is 4.90. The Morgan fingerprint density at radius 2 is 1.23 bits per heavy atom. The van der Waals surface area contributed by atoms with Gasteiger partial charge in [0.2, 0.25) is 0 Å². The standard InChI is InChI=1S/C18H22O4/c1-5-13(3)11-21-17(19)15-9-7-8-10-16(15)18(20)22-12-14(4)6-2/h7-10H,3-6,11-12H2,1-2H3. The van der Waals surface area contributed by atoms with E-state index in [1.807, 2.05) is 13.8 Å². The van der Waals surface area contributed by atoms with Gasteiger partial charge >= 0.3 is 11.9 Å². The summed E-state index contributed by atoms with van der Waals surface area (Å²) < 4.78 is 10.3. The summed E-state index contributed by atoms with van der Waals surface area (Å²) in [4.78, 5) is 24.2. The molecule has 0 amide bonds. The van der Waals surface area contributed by atoms with Crippen molar-refractivity contribution >= 4 is 11.9 Å². The zero-order valence-electron chi connectivity index (χ0n) is 13.2. The maximum absolute atomic E-state index is 12.1. The monoisotopic (exact) mass is 302 g/mol. The third-order valence-corrected chi connectivity index (χ3v) is 3.18. The average molecular weight is 302 g/mol. The van der Waals surface area contributed by atoms with Gasteiger partial charge in [-0.1, -0.05) is 39.1 Å². The molecule has 0 unspecified atom stereocenters. The van der Waals surface area contributed by atoms with Crippen molar-refractivity contribution in [2.75, 3.05) is 13.2 Å². The number of benzene rings is 1. The zero-order valence-corrected chi connectivity index (χ0v) is 13.2. The molecule has 0 aliphatic heterocycles. The number of hydrogen-bond donors (Lipinski definition) is 0. The molecule has 1 aromatic carbocycles. The zero-order chi connectivity index (χ0) is 16.5. The summed E-state index contributed by atoms with van der Waals surface area (Å²) >= 11 is 0. The van der Waals surface area contributed by atoms with Crippen molar-refractivity contribution in [3.8, 4) is 0 Å². The van der Waals surface area contributed by atoms with Crippen LogP contribution in [0, 0.1) is 0 Å². The molecule has 0 radical (unpaired) electrons. The molecule has 0 N–H and O–H groups in total. The Morgan fingerprint density at radius 1 is 0.864 bits per heavy atom. The molecule has 0 aromatic heterocycles. The molecule has 0 saturated carbocycles. The molecule has 4 nitrogen and oxygen atoms in total. The molecule has 0 heterocycles. The molecule has 1 aromatic rings. The molecule has 0 saturated heterocycles. The Balaban J connectivity index is 2.80. The van der Waals surface area contributed by atoms with Gasteiger partial charge < -0.3 is 9.47 Å². The van der Waals surface area contributed by atoms with E-state index < -0.39 is 11.9 Å². The predicted octanol–water partition coefficient (Wildman–Crippen LogP) is 3.93. The lowest BCUT2D eigenvalue weighted by Crippen LogP contribution is -2.15. The maximum Gasteiger partial charge on any atom is 0.339 e. The Labute approximate surface area is 131 Å². The molecule has 0 fully saturated rings. The van der Waals surface area contributed by atoms with Crippen molar-refractivity contribution in [1.29, 1.82) is 0 Å². The van der Waals surface area contributed by atoms with Crippen molar-refractivity contribution in [3.05, 3.63) is 59.7 Å². The van der Waals surface area contributed by atoms with Gasteiger partial charge in [-0.15, -0.1) is 0 Å². The van der Waals surface area contributed by atoms with Crippen LogP contribution < -0.4 is 0 Å². The smallest absolute Gasteiger partial charge is 0.339 e. The molecular weight excluding hydrogens is 280 g/mol. The molecule has 1 rings (SSSR count). The highest BCUT2D eigenvalue weighted by Crippen LogP contribution is 2.13. The second-order valence-electron chi connectivity index (χ2n) is 4.90. The molecule has 0 bridgehead atoms. The predicted molar refractivity (Wildman–Crippen MR) is 85.9 cm³/mol. The Bertz CT molecular complexity index is 521. The van der Waals surface area contributed by atoms with E-state index in [4.69, 9.17) is 9.47 Å². The van der Waals surface area contributed by atoms with Crippen LogP contribution >= 0.6 is 0 Å². The van der Waals surface area contributed by atoms with Crippen LogP contribution in [0.1, 0.15) is 47.4 Å². The van der Waals surface area contributed by atoms with Crippen LogP contribution in [0.5, 0.6) is 0 Å². The fraction of sp³-hybridized carbons (Fsp3) is 0.333. The van der Waals surface area contributed by atoms with Gasteiger partial charge in [0, 0.05) is 0 Å². The lowest BCUT2D eigenvalue weighted by Gasteiger charge is -2.10. The average Bonchev–Trinajstić information content (AvgIpc) is 2.56. The van der Waals surface area contributed by atoms with Gasteiger partial charge in [0.15, 0.2) is 0 Å². The number of hydrogen-bond acceptors (Lipinski definition) is 4. The van der Waals surface area contributed by atoms with Crippen molar-refractivity contribution < 1.29 is 19.1 Å². The largest absolute Gasteiger partial charge is 0.458 e. The molecule has 0 spiro atoms. The normalized spacial score (nSPS) is 9.91. The van der Waals surface area contributed by atoms with Crippen molar-refractivity contribution in [3.63, 3.8) is 0 Å². The minimum atomic E-state index is -0.559. The third kappa shape index (κ3) is 5.20. The minimum Gasteiger partial charge on any atom is -0.458 e. The maximum atomic E-state index is 12.1. The van der Waals surface area contributed by atoms with Gasteiger partial charge in [0.05, 0.1) is 11.1 Å². The number of esters is 2. The first-order valence-electron chi connectivity index (χ1n) is 7.26. The van der Waals surface area contributed by atoms with Crippen LogP contribution in [-0.2, 0) is 9.47 Å². The number of rotatable bonds is 8. The molecule has 0 aliphatic carbocycles. The first-order chi connectivity index (χ1) is 10.5. The van der Waals surface area contributed by atoms with Crippen LogP contribution in [0.4, 0.5) is 0 Å². The summed E-state index contributed by atoms with van der Waals surface area (Å²) in [6, 6.07) is 6.44. The Kier molecular flexibility index (Phi) is 7.09. The van der Waals surface area contributed by atoms with E-state index in [-0.39, 0.29) is 24.3 Å². The Morgan fingerprint density at radius 3 is 1.55 bits per heavy atom. The third-order valence-electron chi connectivity index (χ3n) is 3.18. The fourth-order valence-corrected chi connectivity index (χ4v) is 1.53. The highest BCUT2D eigenvalue weighted by Gasteiger charge is 2.19. The van der Waals surface area contributed by atoms with Gasteiger partial charge in [-0.25, -0.2) is 9.59 Å². The summed E-state index contributed by atoms with van der Waals surface area (Å²) in [5, 5.41) is 0. The van der Waals surface area contributed by atoms with E-state index in [1.54, 1.807) is 24.3 Å². The molecule has 0 atom stereocenters. The van der Waals surface area contributed by atoms with Gasteiger partial charge in [-0.3, -0.25) is 0 Å². The van der Waals surface area contributed by atoms with Gasteiger partial charge in [-0.2, -0.15) is 0 Å². The highest BCUT2D eigenvalue weighted by molar-refractivity contribution is 6.03. The van der Waals surface area contributed by atoms with E-state index in [0.717, 1.165) is 24.0 Å². The molecule has 0 aliphatic rings. The topological polar surface area (TPSA) is 52.6 Å². The van der Waals surface area contributed by atoms with Crippen molar-refractivity contribution in [1.82, 2.24) is 0 Å². The summed E-state index contributed by atoms with van der Waals surface area (Å²) in [5.74, 6) is -1.12. The quantitative estimate of drug-likeness (QED) is 0.539. The van der Waals surface area contributed by atoms with Crippen LogP contribution in [0.2, 0.25) is 0 Å². The molecular formula is C18H22O4. The number of ether oxygens (including phenoxy) is 2. The van der Waals surface area contributed by atoms with Gasteiger partial charge in [0.25, 0.3) is 0 Å². The SMILES string of the molecule is C=C(CC)COC(=O)c1ccccc1C(=O)OCC(=C)CC. The van der Waals surface area contributed by atoms with Gasteiger partial charge in [0.1, 0.15) is 13.2 Å². The molecule has 22 heavy (non-hydrogen) atoms. The van der Waals surface area contributed by atoms with Crippen LogP contribution in [-0.4, -0.2) is 25.2 Å². The van der Waals surface area contributed by atoms with E-state index in [9.17, 15) is 9.59 Å². The fourth-order valence-electron chi connectivity index (χ4n) is 1.53. The summed E-state index contributed by atoms with van der Waals surface area (Å²) in [7, 11) is 0. The minimum absolute atomic E-state index is 0.144. The summed E-state index contributed by atoms with van der Waals surface area (Å²) in [6.07, 6.45) is 1.46. The van der Waals surface area contributed by atoms with E-state index in [1.165, 1.54) is 0 Å². The Hall–Kier alpha value is -2.36. The van der Waals surface area contributed by atoms with Crippen LogP contribution in [0.25, 0.3) is 0 Å². The van der Waals surface area contributed by atoms with Crippen molar-refractivity contribution in [2.45, 2.75) is 26.7 Å². The van der Waals surface area contributed by atoms with E-state index in [2.05, 4.69) is 13.2 Å². The van der Waals surface area contributed by atoms with Crippen LogP contribution in [0.3, 0.4) is 0 Å². The van der Waals surface area contributed by atoms with Gasteiger partial charge in [-0.05, 0) is 36.1 Å². The highest BCUT2D eigenvalue weighted by atomic mass is 16.5. The lowest BCUT2D eigenvalue weighted by molar-refractivity contribution is 0.0491. The molecule has 118 valence electrons. The van der Waals surface area contributed by atoms with E-state index >= 15 is 0 Å². The molecule has 4 heteroatoms. The van der Waals surface area contributed by atoms with E-state index in [0.29, 0.717) is 0 Å². The first-order valence-corrected chi connectivity index (χ1v) is 7.26. The van der Waals surface area contributed by atoms with Crippen LogP contribution in [0.15, 0.2) is 48.6 Å². The number of carbonyl (C=O) groups is 2. The summed E-state index contributed by atoms with van der Waals surface area (Å²) in [6.45, 7) is 11.7. The first kappa shape index (κ1) is 17.7. The number of carbonyl (C=O) groups excluding carboxylic acids is 2. The second kappa shape index (κ2) is 8.82. The summed E-state index contributed by atoms with van der Waals surface area (Å²) in [5.41, 5.74) is 2.01. The van der Waals surface area contributed by atoms with Crippen molar-refractivity contribution in [2.24, 2.45) is 0 Å².